The summed E-state index contributed by atoms with van der Waals surface area (Å²) in [6.07, 6.45) is 0.892. The van der Waals surface area contributed by atoms with E-state index in [4.69, 9.17) is 0 Å². The molecule has 0 heterocycles. The van der Waals surface area contributed by atoms with Crippen molar-refractivity contribution in [1.29, 1.82) is 0 Å². The summed E-state index contributed by atoms with van der Waals surface area (Å²) < 4.78 is 1.08. The molecule has 1 aromatic carbocycles. The van der Waals surface area contributed by atoms with Crippen LogP contribution >= 0.6 is 15.9 Å². The Labute approximate surface area is 87.7 Å². The highest BCUT2D eigenvalue weighted by molar-refractivity contribution is 9.10. The Morgan fingerprint density at radius 3 is 3.00 bits per heavy atom. The number of hydrogen-bond donors (Lipinski definition) is 1. The summed E-state index contributed by atoms with van der Waals surface area (Å²) in [6, 6.07) is 8.02. The van der Waals surface area contributed by atoms with Crippen LogP contribution in [0.25, 0.3) is 0 Å². The second kappa shape index (κ2) is 5.80. The van der Waals surface area contributed by atoms with Gasteiger partial charge >= 0.3 is 0 Å². The molecular formula is C11H12BrN. The molecule has 0 radical (unpaired) electrons. The third-order valence-corrected chi connectivity index (χ3v) is 2.05. The number of halogens is 1. The molecule has 13 heavy (non-hydrogen) atoms. The molecule has 0 aliphatic rings. The van der Waals surface area contributed by atoms with Crippen molar-refractivity contribution in [2.75, 3.05) is 13.6 Å². The fourth-order valence-corrected chi connectivity index (χ4v) is 1.32. The van der Waals surface area contributed by atoms with E-state index in [-0.39, 0.29) is 0 Å². The Bertz CT molecular complexity index is 322. The highest BCUT2D eigenvalue weighted by atomic mass is 79.9. The Kier molecular flexibility index (Phi) is 4.59. The van der Waals surface area contributed by atoms with Gasteiger partial charge in [0.1, 0.15) is 0 Å². The lowest BCUT2D eigenvalue weighted by atomic mass is 10.2. The Balaban J connectivity index is 2.56. The van der Waals surface area contributed by atoms with Gasteiger partial charge in [-0.1, -0.05) is 33.8 Å². The second-order valence-corrected chi connectivity index (χ2v) is 3.58. The predicted octanol–water partition coefficient (Wildman–Crippen LogP) is 2.41. The molecule has 0 spiro atoms. The highest BCUT2D eigenvalue weighted by Crippen LogP contribution is 2.10. The van der Waals surface area contributed by atoms with E-state index < -0.39 is 0 Å². The molecule has 0 fully saturated rings. The van der Waals surface area contributed by atoms with Crippen LogP contribution in [0.1, 0.15) is 12.0 Å². The smallest absolute Gasteiger partial charge is 0.0256 e. The minimum atomic E-state index is 0.892. The van der Waals surface area contributed by atoms with Gasteiger partial charge in [-0.2, -0.15) is 0 Å². The molecule has 0 atom stereocenters. The average molecular weight is 238 g/mol. The largest absolute Gasteiger partial charge is 0.319 e. The Hall–Kier alpha value is -0.780. The minimum absolute atomic E-state index is 0.892. The third-order valence-electron chi connectivity index (χ3n) is 1.56. The van der Waals surface area contributed by atoms with Crippen LogP contribution in [0.4, 0.5) is 0 Å². The van der Waals surface area contributed by atoms with Gasteiger partial charge in [0.15, 0.2) is 0 Å². The van der Waals surface area contributed by atoms with E-state index >= 15 is 0 Å². The van der Waals surface area contributed by atoms with Crippen molar-refractivity contribution >= 4 is 15.9 Å². The minimum Gasteiger partial charge on any atom is -0.319 e. The summed E-state index contributed by atoms with van der Waals surface area (Å²) in [4.78, 5) is 0. The monoisotopic (exact) mass is 237 g/mol. The lowest BCUT2D eigenvalue weighted by molar-refractivity contribution is 0.818. The summed E-state index contributed by atoms with van der Waals surface area (Å²) >= 11 is 3.40. The molecule has 1 nitrogen and oxygen atoms in total. The normalized spacial score (nSPS) is 9.08. The van der Waals surface area contributed by atoms with E-state index in [1.165, 1.54) is 0 Å². The topological polar surface area (TPSA) is 12.0 Å². The average Bonchev–Trinajstić information content (AvgIpc) is 2.13. The first-order valence-corrected chi connectivity index (χ1v) is 5.01. The maximum absolute atomic E-state index is 3.40. The quantitative estimate of drug-likeness (QED) is 0.616. The van der Waals surface area contributed by atoms with E-state index in [1.807, 2.05) is 31.3 Å². The van der Waals surface area contributed by atoms with Crippen LogP contribution in [-0.4, -0.2) is 13.6 Å². The number of nitrogens with one attached hydrogen (secondary N) is 1. The van der Waals surface area contributed by atoms with Gasteiger partial charge in [0.2, 0.25) is 0 Å². The predicted molar refractivity (Wildman–Crippen MR) is 59.6 cm³/mol. The van der Waals surface area contributed by atoms with Crippen LogP contribution in [0.3, 0.4) is 0 Å². The molecule has 1 aromatic rings. The van der Waals surface area contributed by atoms with Crippen molar-refractivity contribution in [2.24, 2.45) is 0 Å². The molecule has 2 heteroatoms. The summed E-state index contributed by atoms with van der Waals surface area (Å²) in [5.74, 6) is 6.20. The molecule has 0 aromatic heterocycles. The molecule has 68 valence electrons. The summed E-state index contributed by atoms with van der Waals surface area (Å²) in [6.45, 7) is 0.945. The first-order chi connectivity index (χ1) is 6.33. The molecule has 0 saturated heterocycles. The molecular weight excluding hydrogens is 226 g/mol. The first-order valence-electron chi connectivity index (χ1n) is 4.22. The van der Waals surface area contributed by atoms with Crippen LogP contribution in [0.5, 0.6) is 0 Å². The molecule has 1 rings (SSSR count). The number of hydrogen-bond acceptors (Lipinski definition) is 1. The van der Waals surface area contributed by atoms with Crippen molar-refractivity contribution in [3.8, 4) is 11.8 Å². The van der Waals surface area contributed by atoms with E-state index in [9.17, 15) is 0 Å². The van der Waals surface area contributed by atoms with Gasteiger partial charge in [-0.15, -0.1) is 0 Å². The van der Waals surface area contributed by atoms with Crippen LogP contribution in [0, 0.1) is 11.8 Å². The van der Waals surface area contributed by atoms with Gasteiger partial charge in [-0.3, -0.25) is 0 Å². The number of benzene rings is 1. The maximum Gasteiger partial charge on any atom is 0.0256 e. The molecule has 0 amide bonds. The van der Waals surface area contributed by atoms with Crippen molar-refractivity contribution < 1.29 is 0 Å². The zero-order chi connectivity index (χ0) is 9.52. The van der Waals surface area contributed by atoms with E-state index in [0.717, 1.165) is 23.0 Å². The van der Waals surface area contributed by atoms with Crippen LogP contribution in [0.2, 0.25) is 0 Å². The highest BCUT2D eigenvalue weighted by Gasteiger charge is 1.87. The van der Waals surface area contributed by atoms with E-state index in [1.54, 1.807) is 0 Å². The second-order valence-electron chi connectivity index (χ2n) is 2.67. The van der Waals surface area contributed by atoms with Crippen molar-refractivity contribution in [1.82, 2.24) is 5.32 Å². The Morgan fingerprint density at radius 1 is 1.46 bits per heavy atom. The van der Waals surface area contributed by atoms with Crippen LogP contribution in [-0.2, 0) is 0 Å². The van der Waals surface area contributed by atoms with E-state index in [2.05, 4.69) is 33.1 Å². The summed E-state index contributed by atoms with van der Waals surface area (Å²) in [5.41, 5.74) is 1.06. The van der Waals surface area contributed by atoms with Gasteiger partial charge in [-0.25, -0.2) is 0 Å². The zero-order valence-corrected chi connectivity index (χ0v) is 9.19. The molecule has 0 saturated carbocycles. The molecule has 0 aliphatic heterocycles. The maximum atomic E-state index is 3.40. The molecule has 0 aliphatic carbocycles. The van der Waals surface area contributed by atoms with Crippen LogP contribution in [0.15, 0.2) is 28.7 Å². The van der Waals surface area contributed by atoms with Crippen molar-refractivity contribution in [2.45, 2.75) is 6.42 Å². The van der Waals surface area contributed by atoms with Gasteiger partial charge in [0.25, 0.3) is 0 Å². The first kappa shape index (κ1) is 10.3. The molecule has 0 unspecified atom stereocenters. The van der Waals surface area contributed by atoms with Gasteiger partial charge in [0.05, 0.1) is 0 Å². The van der Waals surface area contributed by atoms with Crippen molar-refractivity contribution in [3.63, 3.8) is 0 Å². The summed E-state index contributed by atoms with van der Waals surface area (Å²) in [5, 5.41) is 3.05. The SMILES string of the molecule is CNCCC#Cc1cccc(Br)c1. The van der Waals surface area contributed by atoms with Gasteiger partial charge < -0.3 is 5.32 Å². The summed E-state index contributed by atoms with van der Waals surface area (Å²) in [7, 11) is 1.93. The standard InChI is InChI=1S/C11H12BrN/c1-13-8-3-2-5-10-6-4-7-11(12)9-10/h4,6-7,9,13H,3,8H2,1H3. The molecule has 0 bridgehead atoms. The fourth-order valence-electron chi connectivity index (χ4n) is 0.918. The van der Waals surface area contributed by atoms with Crippen LogP contribution < -0.4 is 5.32 Å². The lowest BCUT2D eigenvalue weighted by Gasteiger charge is -1.91. The molecule has 1 N–H and O–H groups in total. The Morgan fingerprint density at radius 2 is 2.31 bits per heavy atom. The van der Waals surface area contributed by atoms with Crippen molar-refractivity contribution in [3.05, 3.63) is 34.3 Å². The fraction of sp³-hybridized carbons (Fsp3) is 0.273. The lowest BCUT2D eigenvalue weighted by Crippen LogP contribution is -2.05. The van der Waals surface area contributed by atoms with Gasteiger partial charge in [0, 0.05) is 23.0 Å². The third kappa shape index (κ3) is 4.12. The van der Waals surface area contributed by atoms with Gasteiger partial charge in [-0.05, 0) is 25.2 Å². The number of rotatable bonds is 2. The zero-order valence-electron chi connectivity index (χ0n) is 7.60. The van der Waals surface area contributed by atoms with E-state index in [0.29, 0.717) is 0 Å².